The van der Waals surface area contributed by atoms with E-state index in [1.807, 2.05) is 7.05 Å². The zero-order chi connectivity index (χ0) is 13.8. The fraction of sp³-hybridized carbons (Fsp3) is 0.500. The van der Waals surface area contributed by atoms with Gasteiger partial charge in [-0.25, -0.2) is 0 Å². The number of anilines is 1. The molecule has 0 aromatic heterocycles. The average Bonchev–Trinajstić information content (AvgIpc) is 3.21. The summed E-state index contributed by atoms with van der Waals surface area (Å²) in [7, 11) is 1.83. The van der Waals surface area contributed by atoms with Crippen molar-refractivity contribution in [3.05, 3.63) is 28.8 Å². The minimum atomic E-state index is -0.0403. The Morgan fingerprint density at radius 1 is 1.53 bits per heavy atom. The predicted octanol–water partition coefficient (Wildman–Crippen LogP) is 2.11. The van der Waals surface area contributed by atoms with Crippen LogP contribution in [-0.4, -0.2) is 36.1 Å². The molecule has 0 saturated heterocycles. The van der Waals surface area contributed by atoms with Gasteiger partial charge in [0.15, 0.2) is 0 Å². The normalized spacial score (nSPS) is 14.3. The molecule has 1 fully saturated rings. The first kappa shape index (κ1) is 14.2. The fourth-order valence-corrected chi connectivity index (χ4v) is 2.09. The first-order valence-electron chi connectivity index (χ1n) is 6.47. The highest BCUT2D eigenvalue weighted by atomic mass is 35.5. The van der Waals surface area contributed by atoms with Gasteiger partial charge in [-0.3, -0.25) is 4.79 Å². The van der Waals surface area contributed by atoms with Crippen molar-refractivity contribution in [3.8, 4) is 0 Å². The molecule has 1 aromatic carbocycles. The van der Waals surface area contributed by atoms with Crippen molar-refractivity contribution in [2.45, 2.75) is 19.4 Å². The van der Waals surface area contributed by atoms with Gasteiger partial charge in [0.2, 0.25) is 5.91 Å². The van der Waals surface area contributed by atoms with Gasteiger partial charge in [0.25, 0.3) is 0 Å². The van der Waals surface area contributed by atoms with E-state index in [2.05, 4.69) is 5.32 Å². The first-order valence-corrected chi connectivity index (χ1v) is 6.85. The number of hydrogen-bond donors (Lipinski definition) is 2. The second-order valence-electron chi connectivity index (χ2n) is 5.04. The van der Waals surface area contributed by atoms with E-state index in [0.29, 0.717) is 16.6 Å². The Kier molecular flexibility index (Phi) is 4.66. The van der Waals surface area contributed by atoms with Gasteiger partial charge in [0, 0.05) is 13.6 Å². The Morgan fingerprint density at radius 3 is 2.89 bits per heavy atom. The van der Waals surface area contributed by atoms with Crippen LogP contribution >= 0.6 is 11.6 Å². The van der Waals surface area contributed by atoms with Gasteiger partial charge in [-0.05, 0) is 36.5 Å². The van der Waals surface area contributed by atoms with Gasteiger partial charge in [0.1, 0.15) is 0 Å². The number of aliphatic hydroxyl groups excluding tert-OH is 1. The molecule has 0 radical (unpaired) electrons. The summed E-state index contributed by atoms with van der Waals surface area (Å²) in [4.78, 5) is 13.7. The summed E-state index contributed by atoms with van der Waals surface area (Å²) in [5.41, 5.74) is 1.45. The molecule has 0 heterocycles. The molecule has 19 heavy (non-hydrogen) atoms. The Bertz CT molecular complexity index is 461. The minimum Gasteiger partial charge on any atom is -0.392 e. The highest BCUT2D eigenvalue weighted by Gasteiger charge is 2.24. The Morgan fingerprint density at radius 2 is 2.26 bits per heavy atom. The molecule has 1 aromatic rings. The van der Waals surface area contributed by atoms with E-state index in [-0.39, 0.29) is 19.1 Å². The van der Waals surface area contributed by atoms with E-state index in [4.69, 9.17) is 16.7 Å². The number of carbonyl (C=O) groups is 1. The predicted molar refractivity (Wildman–Crippen MR) is 76.2 cm³/mol. The summed E-state index contributed by atoms with van der Waals surface area (Å²) in [6.07, 6.45) is 2.46. The lowest BCUT2D eigenvalue weighted by Crippen LogP contribution is -2.33. The van der Waals surface area contributed by atoms with Crippen LogP contribution in [0.15, 0.2) is 18.2 Å². The Hall–Kier alpha value is -1.26. The molecule has 0 spiro atoms. The molecule has 104 valence electrons. The van der Waals surface area contributed by atoms with E-state index >= 15 is 0 Å². The number of halogens is 1. The topological polar surface area (TPSA) is 52.6 Å². The van der Waals surface area contributed by atoms with Crippen molar-refractivity contribution < 1.29 is 9.90 Å². The van der Waals surface area contributed by atoms with Gasteiger partial charge in [-0.2, -0.15) is 0 Å². The van der Waals surface area contributed by atoms with Crippen molar-refractivity contribution in [1.82, 2.24) is 4.90 Å². The summed E-state index contributed by atoms with van der Waals surface area (Å²) in [6, 6.07) is 5.24. The van der Waals surface area contributed by atoms with Gasteiger partial charge in [-0.1, -0.05) is 17.7 Å². The number of amides is 1. The number of nitrogens with zero attached hydrogens (tertiary/aromatic N) is 1. The van der Waals surface area contributed by atoms with Crippen molar-refractivity contribution >= 4 is 23.2 Å². The number of nitrogens with one attached hydrogen (secondary N) is 1. The molecule has 0 unspecified atom stereocenters. The lowest BCUT2D eigenvalue weighted by atomic mass is 10.2. The van der Waals surface area contributed by atoms with Crippen LogP contribution in [0.2, 0.25) is 5.02 Å². The van der Waals surface area contributed by atoms with Gasteiger partial charge < -0.3 is 15.3 Å². The number of likely N-dealkylation sites (N-methyl/N-ethyl adjacent to an activating group) is 1. The number of hydrogen-bond acceptors (Lipinski definition) is 3. The molecule has 2 rings (SSSR count). The maximum atomic E-state index is 11.9. The zero-order valence-electron chi connectivity index (χ0n) is 11.0. The van der Waals surface area contributed by atoms with E-state index in [1.54, 1.807) is 23.1 Å². The molecule has 1 aliphatic rings. The molecule has 1 amide bonds. The van der Waals surface area contributed by atoms with E-state index in [1.165, 1.54) is 12.8 Å². The quantitative estimate of drug-likeness (QED) is 0.840. The van der Waals surface area contributed by atoms with Crippen LogP contribution in [-0.2, 0) is 11.4 Å². The van der Waals surface area contributed by atoms with Crippen molar-refractivity contribution in [3.63, 3.8) is 0 Å². The van der Waals surface area contributed by atoms with Crippen LogP contribution in [0.4, 0.5) is 5.69 Å². The molecular weight excluding hydrogens is 264 g/mol. The zero-order valence-corrected chi connectivity index (χ0v) is 11.8. The van der Waals surface area contributed by atoms with Gasteiger partial charge in [0.05, 0.1) is 23.9 Å². The lowest BCUT2D eigenvalue weighted by Gasteiger charge is -2.18. The highest BCUT2D eigenvalue weighted by Crippen LogP contribution is 2.29. The molecule has 0 atom stereocenters. The molecule has 4 nitrogen and oxygen atoms in total. The maximum Gasteiger partial charge on any atom is 0.241 e. The van der Waals surface area contributed by atoms with Crippen molar-refractivity contribution in [2.24, 2.45) is 5.92 Å². The summed E-state index contributed by atoms with van der Waals surface area (Å²) < 4.78 is 0. The largest absolute Gasteiger partial charge is 0.392 e. The first-order chi connectivity index (χ1) is 9.10. The minimum absolute atomic E-state index is 0.0403. The number of aliphatic hydroxyl groups is 1. The van der Waals surface area contributed by atoms with E-state index < -0.39 is 0 Å². The molecular formula is C14H19ClN2O2. The summed E-state index contributed by atoms with van der Waals surface area (Å²) in [6.45, 7) is 1.02. The molecule has 1 saturated carbocycles. The van der Waals surface area contributed by atoms with Crippen LogP contribution in [0.1, 0.15) is 18.4 Å². The molecule has 5 heteroatoms. The fourth-order valence-electron chi connectivity index (χ4n) is 1.90. The van der Waals surface area contributed by atoms with E-state index in [9.17, 15) is 4.79 Å². The van der Waals surface area contributed by atoms with Crippen LogP contribution in [0.3, 0.4) is 0 Å². The van der Waals surface area contributed by atoms with Gasteiger partial charge in [-0.15, -0.1) is 0 Å². The lowest BCUT2D eigenvalue weighted by molar-refractivity contribution is -0.128. The number of carbonyl (C=O) groups excluding carboxylic acids is 1. The van der Waals surface area contributed by atoms with Crippen molar-refractivity contribution in [2.75, 3.05) is 25.5 Å². The molecule has 0 bridgehead atoms. The smallest absolute Gasteiger partial charge is 0.241 e. The summed E-state index contributed by atoms with van der Waals surface area (Å²) in [5.74, 6) is 0.743. The van der Waals surface area contributed by atoms with Gasteiger partial charge >= 0.3 is 0 Å². The molecule has 1 aliphatic carbocycles. The second-order valence-corrected chi connectivity index (χ2v) is 5.45. The third-order valence-electron chi connectivity index (χ3n) is 3.30. The number of benzene rings is 1. The second kappa shape index (κ2) is 6.26. The highest BCUT2D eigenvalue weighted by molar-refractivity contribution is 6.33. The van der Waals surface area contributed by atoms with Crippen LogP contribution in [0.5, 0.6) is 0 Å². The third-order valence-corrected chi connectivity index (χ3v) is 3.63. The number of rotatable bonds is 6. The third kappa shape index (κ3) is 4.11. The van der Waals surface area contributed by atoms with Crippen LogP contribution in [0, 0.1) is 5.92 Å². The van der Waals surface area contributed by atoms with Crippen LogP contribution < -0.4 is 5.32 Å². The Labute approximate surface area is 118 Å². The van der Waals surface area contributed by atoms with Crippen molar-refractivity contribution in [1.29, 1.82) is 0 Å². The maximum absolute atomic E-state index is 11.9. The van der Waals surface area contributed by atoms with E-state index in [0.717, 1.165) is 12.1 Å². The summed E-state index contributed by atoms with van der Waals surface area (Å²) in [5, 5.41) is 12.7. The molecule has 0 aliphatic heterocycles. The summed E-state index contributed by atoms with van der Waals surface area (Å²) >= 11 is 6.04. The monoisotopic (exact) mass is 282 g/mol. The Balaban J connectivity index is 1.88. The van der Waals surface area contributed by atoms with Crippen LogP contribution in [0.25, 0.3) is 0 Å². The standard InChI is InChI=1S/C14H19ClN2O2/c1-17(8-10-2-3-10)14(19)7-16-13-6-11(9-18)4-5-12(13)15/h4-6,10,16,18H,2-3,7-9H2,1H3. The SMILES string of the molecule is CN(CC1CC1)C(=O)CNc1cc(CO)ccc1Cl. The molecule has 2 N–H and O–H groups in total. The average molecular weight is 283 g/mol.